The van der Waals surface area contributed by atoms with Crippen molar-refractivity contribution >= 4 is 17.5 Å². The molecule has 7 nitrogen and oxygen atoms in total. The van der Waals surface area contributed by atoms with Crippen LogP contribution in [0, 0.1) is 5.92 Å². The van der Waals surface area contributed by atoms with Gasteiger partial charge in [-0.2, -0.15) is 0 Å². The van der Waals surface area contributed by atoms with Gasteiger partial charge in [0.1, 0.15) is 0 Å². The summed E-state index contributed by atoms with van der Waals surface area (Å²) in [6.07, 6.45) is 8.14. The van der Waals surface area contributed by atoms with E-state index in [1.807, 2.05) is 29.2 Å². The summed E-state index contributed by atoms with van der Waals surface area (Å²) in [5.74, 6) is 1.26. The predicted octanol–water partition coefficient (Wildman–Crippen LogP) is 4.74. The molecular weight excluding hydrogens is 442 g/mol. The minimum Gasteiger partial charge on any atom is -0.493 e. The summed E-state index contributed by atoms with van der Waals surface area (Å²) in [6.45, 7) is 0.447. The molecule has 188 valence electrons. The topological polar surface area (TPSA) is 93.9 Å². The minimum absolute atomic E-state index is 0.0360. The Hall–Kier alpha value is -3.06. The van der Waals surface area contributed by atoms with Crippen molar-refractivity contribution in [3.63, 3.8) is 0 Å². The van der Waals surface area contributed by atoms with Crippen LogP contribution in [0.4, 0.5) is 5.69 Å². The molecule has 2 unspecified atom stereocenters. The van der Waals surface area contributed by atoms with E-state index in [0.29, 0.717) is 23.6 Å². The van der Waals surface area contributed by atoms with E-state index in [-0.39, 0.29) is 29.8 Å². The molecule has 2 aliphatic rings. The number of rotatable bonds is 8. The summed E-state index contributed by atoms with van der Waals surface area (Å²) < 4.78 is 10.8. The van der Waals surface area contributed by atoms with Crippen LogP contribution >= 0.6 is 0 Å². The second-order valence-corrected chi connectivity index (χ2v) is 9.69. The van der Waals surface area contributed by atoms with E-state index in [9.17, 15) is 9.59 Å². The fraction of sp³-hybridized carbons (Fsp3) is 0.500. The van der Waals surface area contributed by atoms with Gasteiger partial charge in [-0.05, 0) is 61.6 Å². The Labute approximate surface area is 208 Å². The van der Waals surface area contributed by atoms with Crippen LogP contribution in [-0.4, -0.2) is 43.0 Å². The number of nitrogens with zero attached hydrogens (tertiary/aromatic N) is 1. The van der Waals surface area contributed by atoms with Gasteiger partial charge in [-0.1, -0.05) is 37.8 Å². The molecule has 2 aliphatic carbocycles. The fourth-order valence-electron chi connectivity index (χ4n) is 5.32. The maximum Gasteiger partial charge on any atom is 0.254 e. The molecule has 2 saturated carbocycles. The average molecular weight is 480 g/mol. The van der Waals surface area contributed by atoms with Gasteiger partial charge in [0.15, 0.2) is 11.5 Å². The summed E-state index contributed by atoms with van der Waals surface area (Å²) in [7, 11) is 3.14. The van der Waals surface area contributed by atoms with Crippen LogP contribution in [0.15, 0.2) is 42.5 Å². The molecule has 0 spiro atoms. The number of carbonyl (C=O) groups excluding carboxylic acids is 2. The summed E-state index contributed by atoms with van der Waals surface area (Å²) in [5.41, 5.74) is 8.83. The number of carbonyl (C=O) groups is 2. The maximum atomic E-state index is 13.7. The smallest absolute Gasteiger partial charge is 0.254 e. The highest BCUT2D eigenvalue weighted by atomic mass is 16.5. The molecule has 0 aliphatic heterocycles. The average Bonchev–Trinajstić information content (AvgIpc) is 3.43. The number of hydrogen-bond donors (Lipinski definition) is 2. The highest BCUT2D eigenvalue weighted by molar-refractivity contribution is 5.95. The van der Waals surface area contributed by atoms with Crippen LogP contribution in [0.1, 0.15) is 67.3 Å². The number of nitrogens with one attached hydrogen (secondary N) is 1. The molecule has 7 heteroatoms. The Morgan fingerprint density at radius 1 is 0.914 bits per heavy atom. The maximum absolute atomic E-state index is 13.7. The van der Waals surface area contributed by atoms with Gasteiger partial charge in [0, 0.05) is 35.8 Å². The number of methoxy groups -OCH3 is 2. The third-order valence-corrected chi connectivity index (χ3v) is 7.37. The largest absolute Gasteiger partial charge is 0.493 e. The van der Waals surface area contributed by atoms with Crippen LogP contribution in [-0.2, 0) is 11.3 Å². The first-order valence-corrected chi connectivity index (χ1v) is 12.7. The molecule has 2 aromatic rings. The lowest BCUT2D eigenvalue weighted by Crippen LogP contribution is -2.51. The molecular formula is C28H37N3O4. The van der Waals surface area contributed by atoms with E-state index < -0.39 is 0 Å². The predicted molar refractivity (Wildman–Crippen MR) is 137 cm³/mol. The Balaban J connectivity index is 1.53. The normalized spacial score (nSPS) is 20.3. The number of benzene rings is 2. The van der Waals surface area contributed by atoms with Crippen molar-refractivity contribution in [3.8, 4) is 11.5 Å². The van der Waals surface area contributed by atoms with Crippen molar-refractivity contribution in [1.82, 2.24) is 4.90 Å². The van der Waals surface area contributed by atoms with Crippen molar-refractivity contribution in [2.24, 2.45) is 11.7 Å². The molecule has 0 saturated heterocycles. The standard InChI is InChI=1S/C28H37N3O4/c1-34-25-16-13-21(17-26(25)35-2)28(33)31(24-10-6-5-9-23(24)29)18-19-11-14-22(15-12-19)30-27(32)20-7-3-4-8-20/h11-17,20,23-24H,3-10,18,29H2,1-2H3,(H,30,32). The summed E-state index contributed by atoms with van der Waals surface area (Å²) in [5, 5.41) is 3.04. The van der Waals surface area contributed by atoms with Crippen LogP contribution in [0.2, 0.25) is 0 Å². The van der Waals surface area contributed by atoms with Crippen molar-refractivity contribution in [1.29, 1.82) is 0 Å². The molecule has 35 heavy (non-hydrogen) atoms. The molecule has 2 amide bonds. The minimum atomic E-state index is -0.0769. The Bertz CT molecular complexity index is 1020. The van der Waals surface area contributed by atoms with E-state index in [1.54, 1.807) is 32.4 Å². The SMILES string of the molecule is COc1ccc(C(=O)N(Cc2ccc(NC(=O)C3CCCC3)cc2)C2CCCCC2N)cc1OC. The zero-order chi connectivity index (χ0) is 24.8. The van der Waals surface area contributed by atoms with E-state index in [2.05, 4.69) is 5.32 Å². The molecule has 2 aromatic carbocycles. The molecule has 0 heterocycles. The van der Waals surface area contributed by atoms with Gasteiger partial charge in [-0.15, -0.1) is 0 Å². The molecule has 0 aromatic heterocycles. The quantitative estimate of drug-likeness (QED) is 0.570. The highest BCUT2D eigenvalue weighted by Gasteiger charge is 2.32. The van der Waals surface area contributed by atoms with Gasteiger partial charge in [0.2, 0.25) is 5.91 Å². The summed E-state index contributed by atoms with van der Waals surface area (Å²) in [6, 6.07) is 13.0. The number of hydrogen-bond acceptors (Lipinski definition) is 5. The monoisotopic (exact) mass is 479 g/mol. The highest BCUT2D eigenvalue weighted by Crippen LogP contribution is 2.31. The number of ether oxygens (including phenoxy) is 2. The zero-order valence-electron chi connectivity index (χ0n) is 20.8. The van der Waals surface area contributed by atoms with E-state index in [0.717, 1.165) is 62.6 Å². The lowest BCUT2D eigenvalue weighted by molar-refractivity contribution is -0.119. The van der Waals surface area contributed by atoms with Crippen LogP contribution in [0.3, 0.4) is 0 Å². The van der Waals surface area contributed by atoms with Crippen molar-refractivity contribution < 1.29 is 19.1 Å². The van der Waals surface area contributed by atoms with Crippen molar-refractivity contribution in [2.75, 3.05) is 19.5 Å². The molecule has 0 radical (unpaired) electrons. The van der Waals surface area contributed by atoms with Gasteiger partial charge < -0.3 is 25.4 Å². The second-order valence-electron chi connectivity index (χ2n) is 9.69. The third kappa shape index (κ3) is 5.96. The van der Waals surface area contributed by atoms with E-state index in [4.69, 9.17) is 15.2 Å². The molecule has 2 fully saturated rings. The van der Waals surface area contributed by atoms with Crippen LogP contribution in [0.25, 0.3) is 0 Å². The van der Waals surface area contributed by atoms with E-state index in [1.165, 1.54) is 0 Å². The summed E-state index contributed by atoms with van der Waals surface area (Å²) in [4.78, 5) is 28.1. The summed E-state index contributed by atoms with van der Waals surface area (Å²) >= 11 is 0. The Morgan fingerprint density at radius 2 is 1.57 bits per heavy atom. The first kappa shape index (κ1) is 25.0. The lowest BCUT2D eigenvalue weighted by Gasteiger charge is -2.38. The van der Waals surface area contributed by atoms with Gasteiger partial charge in [-0.25, -0.2) is 0 Å². The first-order valence-electron chi connectivity index (χ1n) is 12.7. The van der Waals surface area contributed by atoms with Crippen molar-refractivity contribution in [2.45, 2.75) is 70.0 Å². The molecule has 2 atom stereocenters. The van der Waals surface area contributed by atoms with Gasteiger partial charge in [0.25, 0.3) is 5.91 Å². The zero-order valence-corrected chi connectivity index (χ0v) is 20.8. The molecule has 3 N–H and O–H groups in total. The molecule has 0 bridgehead atoms. The van der Waals surface area contributed by atoms with Gasteiger partial charge in [-0.3, -0.25) is 9.59 Å². The Kier molecular flexibility index (Phi) is 8.29. The van der Waals surface area contributed by atoms with E-state index >= 15 is 0 Å². The first-order chi connectivity index (χ1) is 17.0. The van der Waals surface area contributed by atoms with Crippen molar-refractivity contribution in [3.05, 3.63) is 53.6 Å². The Morgan fingerprint density at radius 3 is 2.23 bits per heavy atom. The van der Waals surface area contributed by atoms with Crippen LogP contribution < -0.4 is 20.5 Å². The number of nitrogens with two attached hydrogens (primary N) is 1. The number of amides is 2. The van der Waals surface area contributed by atoms with Gasteiger partial charge in [0.05, 0.1) is 14.2 Å². The lowest BCUT2D eigenvalue weighted by atomic mass is 9.89. The fourth-order valence-corrected chi connectivity index (χ4v) is 5.32. The van der Waals surface area contributed by atoms with Crippen LogP contribution in [0.5, 0.6) is 11.5 Å². The molecule has 4 rings (SSSR count). The van der Waals surface area contributed by atoms with Gasteiger partial charge >= 0.3 is 0 Å². The third-order valence-electron chi connectivity index (χ3n) is 7.37. The second kappa shape index (κ2) is 11.6. The number of anilines is 1.